The van der Waals surface area contributed by atoms with Gasteiger partial charge in [0.05, 0.1) is 18.6 Å². The van der Waals surface area contributed by atoms with E-state index >= 15 is 0 Å². The molecule has 5 rings (SSSR count). The summed E-state index contributed by atoms with van der Waals surface area (Å²) in [6.45, 7) is 3.22. The van der Waals surface area contributed by atoms with Gasteiger partial charge in [0.2, 0.25) is 0 Å². The van der Waals surface area contributed by atoms with Gasteiger partial charge in [0, 0.05) is 16.6 Å². The number of urea groups is 1. The first-order valence-corrected chi connectivity index (χ1v) is 12.8. The summed E-state index contributed by atoms with van der Waals surface area (Å²) in [6, 6.07) is 24.8. The number of carbonyl (C=O) groups is 1. The molecule has 1 fully saturated rings. The van der Waals surface area contributed by atoms with E-state index in [1.807, 2.05) is 90.7 Å². The Morgan fingerprint density at radius 3 is 2.28 bits per heavy atom. The van der Waals surface area contributed by atoms with Crippen molar-refractivity contribution in [3.63, 3.8) is 0 Å². The third-order valence-corrected chi connectivity index (χ3v) is 7.14. The van der Waals surface area contributed by atoms with E-state index in [0.29, 0.717) is 23.1 Å². The van der Waals surface area contributed by atoms with E-state index in [2.05, 4.69) is 20.1 Å². The highest BCUT2D eigenvalue weighted by Gasteiger charge is 2.35. The van der Waals surface area contributed by atoms with Crippen LogP contribution in [0.15, 0.2) is 78.9 Å². The topological polar surface area (TPSA) is 63.1 Å². The van der Waals surface area contributed by atoms with Crippen LogP contribution < -0.4 is 5.32 Å². The molecule has 0 saturated carbocycles. The molecule has 1 aromatic heterocycles. The van der Waals surface area contributed by atoms with Crippen LogP contribution in [0, 0.1) is 6.92 Å². The third kappa shape index (κ3) is 5.25. The number of hydrogen-bond donors (Lipinski definition) is 1. The summed E-state index contributed by atoms with van der Waals surface area (Å²) >= 11 is 12.2. The van der Waals surface area contributed by atoms with Gasteiger partial charge >= 0.3 is 6.03 Å². The summed E-state index contributed by atoms with van der Waals surface area (Å²) in [5.74, 6) is 1.62. The number of carbonyl (C=O) groups excluding carboxylic acids is 1. The number of aryl methyl sites for hydroxylation is 1. The molecular formula is C28H27Cl2N5O. The predicted octanol–water partition coefficient (Wildman–Crippen LogP) is 6.58. The zero-order chi connectivity index (χ0) is 25.1. The molecule has 8 heteroatoms. The van der Waals surface area contributed by atoms with Crippen molar-refractivity contribution in [3.05, 3.63) is 117 Å². The molecular weight excluding hydrogens is 493 g/mol. The van der Waals surface area contributed by atoms with Crippen LogP contribution in [0.4, 0.5) is 4.79 Å². The molecule has 0 radical (unpaired) electrons. The maximum Gasteiger partial charge on any atom is 0.318 e. The van der Waals surface area contributed by atoms with Crippen molar-refractivity contribution in [1.82, 2.24) is 25.0 Å². The zero-order valence-corrected chi connectivity index (χ0v) is 21.5. The molecule has 0 spiro atoms. The summed E-state index contributed by atoms with van der Waals surface area (Å²) in [7, 11) is 0. The second-order valence-corrected chi connectivity index (χ2v) is 9.89. The molecule has 2 amide bonds. The molecule has 6 nitrogen and oxygen atoms in total. The fourth-order valence-corrected chi connectivity index (χ4v) is 5.01. The van der Waals surface area contributed by atoms with Crippen molar-refractivity contribution in [1.29, 1.82) is 0 Å². The van der Waals surface area contributed by atoms with Gasteiger partial charge in [0.1, 0.15) is 5.82 Å². The molecule has 36 heavy (non-hydrogen) atoms. The Bertz CT molecular complexity index is 1320. The second-order valence-electron chi connectivity index (χ2n) is 9.01. The minimum absolute atomic E-state index is 0.125. The lowest BCUT2D eigenvalue weighted by molar-refractivity contribution is 0.187. The first-order chi connectivity index (χ1) is 17.5. The standard InChI is InChI=1S/C28H27Cl2N5O/c1-19-32-33-27(35(19)18-20-9-13-23(29)14-10-20)25-8-5-17-34(25)28(36)31-26(21-6-3-2-4-7-21)22-11-15-24(30)16-12-22/h2-4,6-7,9-16,25-26H,5,8,17-18H2,1H3,(H,31,36)/t25-,26?/m1/s1. The van der Waals surface area contributed by atoms with Crippen molar-refractivity contribution in [3.8, 4) is 0 Å². The maximum absolute atomic E-state index is 13.7. The molecule has 1 unspecified atom stereocenters. The van der Waals surface area contributed by atoms with Crippen LogP contribution in [0.2, 0.25) is 10.0 Å². The highest BCUT2D eigenvalue weighted by Crippen LogP contribution is 2.33. The third-order valence-electron chi connectivity index (χ3n) is 6.63. The zero-order valence-electron chi connectivity index (χ0n) is 19.9. The van der Waals surface area contributed by atoms with Gasteiger partial charge in [-0.2, -0.15) is 0 Å². The van der Waals surface area contributed by atoms with Gasteiger partial charge in [-0.15, -0.1) is 10.2 Å². The van der Waals surface area contributed by atoms with Crippen LogP contribution in [0.25, 0.3) is 0 Å². The van der Waals surface area contributed by atoms with Crippen molar-refractivity contribution in [2.24, 2.45) is 0 Å². The van der Waals surface area contributed by atoms with Crippen molar-refractivity contribution < 1.29 is 4.79 Å². The highest BCUT2D eigenvalue weighted by molar-refractivity contribution is 6.30. The van der Waals surface area contributed by atoms with Gasteiger partial charge in [-0.1, -0.05) is 77.8 Å². The minimum atomic E-state index is -0.300. The fraction of sp³-hybridized carbons (Fsp3) is 0.250. The molecule has 4 aromatic rings. The van der Waals surface area contributed by atoms with Crippen LogP contribution in [-0.4, -0.2) is 32.2 Å². The number of benzene rings is 3. The van der Waals surface area contributed by atoms with E-state index in [9.17, 15) is 4.79 Å². The molecule has 2 heterocycles. The number of likely N-dealkylation sites (tertiary alicyclic amines) is 1. The number of hydrogen-bond acceptors (Lipinski definition) is 3. The number of nitrogens with zero attached hydrogens (tertiary/aromatic N) is 4. The number of nitrogens with one attached hydrogen (secondary N) is 1. The minimum Gasteiger partial charge on any atom is -0.327 e. The Kier molecular flexibility index (Phi) is 7.25. The lowest BCUT2D eigenvalue weighted by Crippen LogP contribution is -2.42. The van der Waals surface area contributed by atoms with Gasteiger partial charge in [-0.05, 0) is 60.7 Å². The molecule has 0 aliphatic carbocycles. The van der Waals surface area contributed by atoms with E-state index in [1.54, 1.807) is 0 Å². The Hall–Kier alpha value is -3.35. The predicted molar refractivity (Wildman–Crippen MR) is 142 cm³/mol. The van der Waals surface area contributed by atoms with Crippen molar-refractivity contribution >= 4 is 29.2 Å². The molecule has 1 N–H and O–H groups in total. The van der Waals surface area contributed by atoms with Crippen LogP contribution in [-0.2, 0) is 6.54 Å². The summed E-state index contributed by atoms with van der Waals surface area (Å²) in [5.41, 5.74) is 3.08. The normalized spacial score (nSPS) is 16.2. The summed E-state index contributed by atoms with van der Waals surface area (Å²) in [6.07, 6.45) is 1.74. The van der Waals surface area contributed by atoms with Crippen LogP contribution in [0.3, 0.4) is 0 Å². The van der Waals surface area contributed by atoms with Crippen LogP contribution >= 0.6 is 23.2 Å². The number of rotatable bonds is 6. The monoisotopic (exact) mass is 519 g/mol. The van der Waals surface area contributed by atoms with E-state index in [0.717, 1.165) is 41.2 Å². The van der Waals surface area contributed by atoms with Crippen molar-refractivity contribution in [2.75, 3.05) is 6.54 Å². The summed E-state index contributed by atoms with van der Waals surface area (Å²) in [5, 5.41) is 13.5. The molecule has 1 saturated heterocycles. The Balaban J connectivity index is 1.40. The molecule has 184 valence electrons. The van der Waals surface area contributed by atoms with Crippen LogP contribution in [0.5, 0.6) is 0 Å². The van der Waals surface area contributed by atoms with Crippen LogP contribution in [0.1, 0.15) is 53.3 Å². The first-order valence-electron chi connectivity index (χ1n) is 12.0. The smallest absolute Gasteiger partial charge is 0.318 e. The van der Waals surface area contributed by atoms with E-state index in [4.69, 9.17) is 23.2 Å². The largest absolute Gasteiger partial charge is 0.327 e. The van der Waals surface area contributed by atoms with Gasteiger partial charge in [-0.3, -0.25) is 0 Å². The van der Waals surface area contributed by atoms with E-state index in [-0.39, 0.29) is 18.1 Å². The van der Waals surface area contributed by atoms with Gasteiger partial charge in [-0.25, -0.2) is 4.79 Å². The molecule has 1 aliphatic heterocycles. The lowest BCUT2D eigenvalue weighted by atomic mass is 9.99. The quantitative estimate of drug-likeness (QED) is 0.313. The maximum atomic E-state index is 13.7. The SMILES string of the molecule is Cc1nnc([C@H]2CCCN2C(=O)NC(c2ccccc2)c2ccc(Cl)cc2)n1Cc1ccc(Cl)cc1. The second kappa shape index (κ2) is 10.7. The number of aromatic nitrogens is 3. The molecule has 0 bridgehead atoms. The molecule has 2 atom stereocenters. The van der Waals surface area contributed by atoms with Crippen molar-refractivity contribution in [2.45, 2.75) is 38.4 Å². The summed E-state index contributed by atoms with van der Waals surface area (Å²) in [4.78, 5) is 15.6. The number of halogens is 2. The van der Waals surface area contributed by atoms with Gasteiger partial charge in [0.25, 0.3) is 0 Å². The van der Waals surface area contributed by atoms with E-state index in [1.165, 1.54) is 0 Å². The molecule has 1 aliphatic rings. The number of amides is 2. The first kappa shape index (κ1) is 24.3. The average Bonchev–Trinajstić information content (AvgIpc) is 3.52. The lowest BCUT2D eigenvalue weighted by Gasteiger charge is -2.28. The van der Waals surface area contributed by atoms with E-state index < -0.39 is 0 Å². The highest BCUT2D eigenvalue weighted by atomic mass is 35.5. The summed E-state index contributed by atoms with van der Waals surface area (Å²) < 4.78 is 2.09. The Morgan fingerprint density at radius 1 is 0.944 bits per heavy atom. The fourth-order valence-electron chi connectivity index (χ4n) is 4.76. The van der Waals surface area contributed by atoms with Gasteiger partial charge in [0.15, 0.2) is 5.82 Å². The average molecular weight is 520 g/mol. The molecule has 3 aromatic carbocycles. The Labute approximate surface area is 220 Å². The Morgan fingerprint density at radius 2 is 1.58 bits per heavy atom. The van der Waals surface area contributed by atoms with Gasteiger partial charge < -0.3 is 14.8 Å².